The summed E-state index contributed by atoms with van der Waals surface area (Å²) < 4.78 is 27.6. The molecule has 7 heteroatoms. The molecular weight excluding hydrogens is 314 g/mol. The maximum atomic E-state index is 11.8. The summed E-state index contributed by atoms with van der Waals surface area (Å²) in [5.74, 6) is -0.238. The van der Waals surface area contributed by atoms with E-state index in [-0.39, 0.29) is 16.9 Å². The van der Waals surface area contributed by atoms with Crippen LogP contribution in [0, 0.1) is 0 Å². The van der Waals surface area contributed by atoms with Gasteiger partial charge in [-0.15, -0.1) is 0 Å². The maximum Gasteiger partial charge on any atom is 0.261 e. The number of hydrogen-bond donors (Lipinski definition) is 1. The Morgan fingerprint density at radius 1 is 1.24 bits per heavy atom. The van der Waals surface area contributed by atoms with Crippen molar-refractivity contribution in [3.63, 3.8) is 0 Å². The molecule has 0 aromatic heterocycles. The molecule has 0 atom stereocenters. The van der Waals surface area contributed by atoms with E-state index in [0.717, 1.165) is 12.8 Å². The van der Waals surface area contributed by atoms with E-state index in [9.17, 15) is 13.2 Å². The molecule has 1 rings (SSSR count). The van der Waals surface area contributed by atoms with Crippen molar-refractivity contribution in [3.8, 4) is 0 Å². The number of amides is 1. The Morgan fingerprint density at radius 2 is 1.86 bits per heavy atom. The van der Waals surface area contributed by atoms with Gasteiger partial charge in [0, 0.05) is 29.4 Å². The first kappa shape index (κ1) is 17.9. The van der Waals surface area contributed by atoms with Crippen molar-refractivity contribution < 1.29 is 17.9 Å². The van der Waals surface area contributed by atoms with Crippen LogP contribution >= 0.6 is 10.7 Å². The lowest BCUT2D eigenvalue weighted by Gasteiger charge is -2.08. The second kappa shape index (κ2) is 8.36. The first-order valence-corrected chi connectivity index (χ1v) is 9.06. The van der Waals surface area contributed by atoms with Crippen LogP contribution in [0.1, 0.15) is 37.0 Å². The van der Waals surface area contributed by atoms with Gasteiger partial charge in [0.2, 0.25) is 0 Å². The number of hydrogen-bond acceptors (Lipinski definition) is 4. The third-order valence-corrected chi connectivity index (χ3v) is 4.08. The predicted octanol–water partition coefficient (Wildman–Crippen LogP) is 2.55. The number of rotatable bonds is 8. The van der Waals surface area contributed by atoms with Crippen molar-refractivity contribution in [3.05, 3.63) is 29.8 Å². The SMILES string of the molecule is CC(C)OCCCCNC(=O)c1ccc(S(=O)(=O)Cl)cc1. The van der Waals surface area contributed by atoms with Crippen LogP contribution in [0.25, 0.3) is 0 Å². The fourth-order valence-corrected chi connectivity index (χ4v) is 2.39. The van der Waals surface area contributed by atoms with Crippen molar-refractivity contribution in [2.45, 2.75) is 37.7 Å². The summed E-state index contributed by atoms with van der Waals surface area (Å²) in [6, 6.07) is 5.50. The van der Waals surface area contributed by atoms with Crippen molar-refractivity contribution in [1.82, 2.24) is 5.32 Å². The van der Waals surface area contributed by atoms with E-state index < -0.39 is 9.05 Å². The van der Waals surface area contributed by atoms with Gasteiger partial charge < -0.3 is 10.1 Å². The van der Waals surface area contributed by atoms with Gasteiger partial charge in [0.15, 0.2) is 0 Å². The number of unbranched alkanes of at least 4 members (excludes halogenated alkanes) is 1. The molecule has 1 aromatic rings. The molecule has 0 saturated carbocycles. The fourth-order valence-electron chi connectivity index (χ4n) is 1.62. The second-order valence-electron chi connectivity index (χ2n) is 4.84. The van der Waals surface area contributed by atoms with Gasteiger partial charge in [-0.2, -0.15) is 0 Å². The summed E-state index contributed by atoms with van der Waals surface area (Å²) in [6.45, 7) is 5.19. The van der Waals surface area contributed by atoms with Crippen molar-refractivity contribution >= 4 is 25.6 Å². The quantitative estimate of drug-likeness (QED) is 0.586. The van der Waals surface area contributed by atoms with E-state index in [1.807, 2.05) is 13.8 Å². The topological polar surface area (TPSA) is 72.5 Å². The smallest absolute Gasteiger partial charge is 0.261 e. The summed E-state index contributed by atoms with van der Waals surface area (Å²) in [5.41, 5.74) is 0.400. The van der Waals surface area contributed by atoms with E-state index in [1.54, 1.807) is 0 Å². The molecular formula is C14H20ClNO4S. The maximum absolute atomic E-state index is 11.8. The minimum absolute atomic E-state index is 0.0217. The zero-order valence-corrected chi connectivity index (χ0v) is 13.7. The van der Waals surface area contributed by atoms with Crippen molar-refractivity contribution in [2.75, 3.05) is 13.2 Å². The van der Waals surface area contributed by atoms with Gasteiger partial charge in [-0.05, 0) is 51.0 Å². The van der Waals surface area contributed by atoms with Gasteiger partial charge in [-0.1, -0.05) is 0 Å². The zero-order chi connectivity index (χ0) is 15.9. The summed E-state index contributed by atoms with van der Waals surface area (Å²) >= 11 is 0. The Hall–Kier alpha value is -1.11. The molecule has 0 heterocycles. The van der Waals surface area contributed by atoms with E-state index >= 15 is 0 Å². The van der Waals surface area contributed by atoms with Gasteiger partial charge in [-0.25, -0.2) is 8.42 Å². The highest BCUT2D eigenvalue weighted by Gasteiger charge is 2.11. The normalized spacial score (nSPS) is 11.6. The minimum Gasteiger partial charge on any atom is -0.379 e. The molecule has 21 heavy (non-hydrogen) atoms. The number of benzene rings is 1. The third kappa shape index (κ3) is 6.93. The summed E-state index contributed by atoms with van der Waals surface area (Å²) in [5, 5.41) is 2.77. The Labute approximate surface area is 130 Å². The largest absolute Gasteiger partial charge is 0.379 e. The highest BCUT2D eigenvalue weighted by atomic mass is 35.7. The lowest BCUT2D eigenvalue weighted by atomic mass is 10.2. The Bertz CT molecular complexity index is 555. The molecule has 1 N–H and O–H groups in total. The van der Waals surface area contributed by atoms with Gasteiger partial charge >= 0.3 is 0 Å². The van der Waals surface area contributed by atoms with E-state index in [2.05, 4.69) is 5.32 Å². The molecule has 1 aromatic carbocycles. The first-order valence-electron chi connectivity index (χ1n) is 6.75. The molecule has 1 amide bonds. The molecule has 5 nitrogen and oxygen atoms in total. The van der Waals surface area contributed by atoms with Crippen LogP contribution in [0.5, 0.6) is 0 Å². The molecule has 0 spiro atoms. The van der Waals surface area contributed by atoms with Gasteiger partial charge in [-0.3, -0.25) is 4.79 Å². The van der Waals surface area contributed by atoms with Crippen LogP contribution in [-0.2, 0) is 13.8 Å². The lowest BCUT2D eigenvalue weighted by Crippen LogP contribution is -2.24. The third-order valence-electron chi connectivity index (χ3n) is 2.71. The molecule has 118 valence electrons. The number of ether oxygens (including phenoxy) is 1. The first-order chi connectivity index (χ1) is 9.80. The van der Waals surface area contributed by atoms with E-state index in [0.29, 0.717) is 18.7 Å². The molecule has 0 fully saturated rings. The highest BCUT2D eigenvalue weighted by molar-refractivity contribution is 8.13. The number of carbonyl (C=O) groups excluding carboxylic acids is 1. The summed E-state index contributed by atoms with van der Waals surface area (Å²) in [4.78, 5) is 11.8. The van der Waals surface area contributed by atoms with Gasteiger partial charge in [0.1, 0.15) is 0 Å². The Balaban J connectivity index is 2.36. The van der Waals surface area contributed by atoms with Crippen LogP contribution < -0.4 is 5.32 Å². The van der Waals surface area contributed by atoms with Crippen molar-refractivity contribution in [2.24, 2.45) is 0 Å². The van der Waals surface area contributed by atoms with Gasteiger partial charge in [0.25, 0.3) is 15.0 Å². The Morgan fingerprint density at radius 3 is 2.38 bits per heavy atom. The number of nitrogens with one attached hydrogen (secondary N) is 1. The fraction of sp³-hybridized carbons (Fsp3) is 0.500. The van der Waals surface area contributed by atoms with E-state index in [4.69, 9.17) is 15.4 Å². The monoisotopic (exact) mass is 333 g/mol. The molecule has 0 aliphatic carbocycles. The molecule has 0 bridgehead atoms. The van der Waals surface area contributed by atoms with Crippen LogP contribution in [0.2, 0.25) is 0 Å². The molecule has 0 radical (unpaired) electrons. The molecule has 0 aliphatic rings. The van der Waals surface area contributed by atoms with Crippen LogP contribution in [0.15, 0.2) is 29.2 Å². The molecule has 0 unspecified atom stereocenters. The Kier molecular flexibility index (Phi) is 7.14. The lowest BCUT2D eigenvalue weighted by molar-refractivity contribution is 0.0754. The number of carbonyl (C=O) groups is 1. The summed E-state index contributed by atoms with van der Waals surface area (Å²) in [7, 11) is 1.45. The van der Waals surface area contributed by atoms with Crippen molar-refractivity contribution in [1.29, 1.82) is 0 Å². The highest BCUT2D eigenvalue weighted by Crippen LogP contribution is 2.15. The standard InChI is InChI=1S/C14H20ClNO4S/c1-11(2)20-10-4-3-9-16-14(17)12-5-7-13(8-6-12)21(15,18)19/h5-8,11H,3-4,9-10H2,1-2H3,(H,16,17). The second-order valence-corrected chi connectivity index (χ2v) is 7.41. The van der Waals surface area contributed by atoms with Crippen LogP contribution in [0.3, 0.4) is 0 Å². The van der Waals surface area contributed by atoms with Crippen LogP contribution in [-0.4, -0.2) is 33.6 Å². The minimum atomic E-state index is -3.75. The molecule has 0 saturated heterocycles. The number of halogens is 1. The zero-order valence-electron chi connectivity index (χ0n) is 12.1. The average Bonchev–Trinajstić information content (AvgIpc) is 2.41. The summed E-state index contributed by atoms with van der Waals surface area (Å²) in [6.07, 6.45) is 1.92. The van der Waals surface area contributed by atoms with Crippen LogP contribution in [0.4, 0.5) is 0 Å². The average molecular weight is 334 g/mol. The van der Waals surface area contributed by atoms with Gasteiger partial charge in [0.05, 0.1) is 11.0 Å². The predicted molar refractivity (Wildman–Crippen MR) is 82.1 cm³/mol. The molecule has 0 aliphatic heterocycles. The van der Waals surface area contributed by atoms with E-state index in [1.165, 1.54) is 24.3 Å².